The van der Waals surface area contributed by atoms with Crippen LogP contribution in [0.25, 0.3) is 0 Å². The summed E-state index contributed by atoms with van der Waals surface area (Å²) in [5, 5.41) is 3.27. The zero-order valence-electron chi connectivity index (χ0n) is 10.8. The Balaban J connectivity index is 2.09. The molecule has 1 fully saturated rings. The van der Waals surface area contributed by atoms with Crippen molar-refractivity contribution >= 4 is 22.9 Å². The van der Waals surface area contributed by atoms with Crippen LogP contribution in [0.5, 0.6) is 0 Å². The van der Waals surface area contributed by atoms with E-state index >= 15 is 0 Å². The van der Waals surface area contributed by atoms with E-state index in [1.54, 1.807) is 12.1 Å². The summed E-state index contributed by atoms with van der Waals surface area (Å²) in [4.78, 5) is 0.224. The van der Waals surface area contributed by atoms with Crippen molar-refractivity contribution in [1.29, 1.82) is 0 Å². The predicted octanol–water partition coefficient (Wildman–Crippen LogP) is 3.45. The number of rotatable bonds is 3. The van der Waals surface area contributed by atoms with E-state index in [2.05, 4.69) is 19.2 Å². The van der Waals surface area contributed by atoms with Crippen LogP contribution in [-0.4, -0.2) is 11.0 Å². The zero-order chi connectivity index (χ0) is 13.3. The van der Waals surface area contributed by atoms with Gasteiger partial charge in [-0.2, -0.15) is 0 Å². The molecule has 0 aromatic heterocycles. The largest absolute Gasteiger partial charge is 0.389 e. The Labute approximate surface area is 113 Å². The Morgan fingerprint density at radius 1 is 1.50 bits per heavy atom. The predicted molar refractivity (Wildman–Crippen MR) is 77.3 cm³/mol. The number of benzene rings is 1. The first-order valence-electron chi connectivity index (χ1n) is 6.23. The summed E-state index contributed by atoms with van der Waals surface area (Å²) in [6.07, 6.45) is 3.34. The van der Waals surface area contributed by atoms with Crippen molar-refractivity contribution < 1.29 is 4.39 Å². The van der Waals surface area contributed by atoms with E-state index in [4.69, 9.17) is 18.0 Å². The molecule has 1 unspecified atom stereocenters. The summed E-state index contributed by atoms with van der Waals surface area (Å²) in [7, 11) is 0. The molecule has 0 spiro atoms. The van der Waals surface area contributed by atoms with Gasteiger partial charge in [0.05, 0.1) is 5.69 Å². The molecular formula is C14H19FN2S. The first-order chi connectivity index (χ1) is 8.37. The maximum atomic E-state index is 13.9. The van der Waals surface area contributed by atoms with E-state index in [1.807, 2.05) is 0 Å². The second-order valence-electron chi connectivity index (χ2n) is 5.81. The topological polar surface area (TPSA) is 38.0 Å². The molecule has 98 valence electrons. The molecule has 1 aliphatic rings. The van der Waals surface area contributed by atoms with Crippen LogP contribution >= 0.6 is 12.2 Å². The standard InChI is InChI=1S/C14H19FN2S/c1-14(2)6-5-10(8-14)17-12-4-3-9(13(16)18)7-11(12)15/h3-4,7,10,17H,5-6,8H2,1-2H3,(H2,16,18). The molecule has 0 saturated heterocycles. The minimum Gasteiger partial charge on any atom is -0.389 e. The van der Waals surface area contributed by atoms with Gasteiger partial charge in [0.15, 0.2) is 0 Å². The van der Waals surface area contributed by atoms with E-state index < -0.39 is 0 Å². The van der Waals surface area contributed by atoms with Gasteiger partial charge in [-0.05, 0) is 42.9 Å². The first kappa shape index (κ1) is 13.3. The normalized spacial score (nSPS) is 21.8. The van der Waals surface area contributed by atoms with E-state index in [1.165, 1.54) is 12.5 Å². The molecule has 3 N–H and O–H groups in total. The third kappa shape index (κ3) is 2.99. The number of anilines is 1. The quantitative estimate of drug-likeness (QED) is 0.823. The van der Waals surface area contributed by atoms with E-state index in [9.17, 15) is 4.39 Å². The van der Waals surface area contributed by atoms with Crippen LogP contribution in [-0.2, 0) is 0 Å². The molecule has 1 saturated carbocycles. The van der Waals surface area contributed by atoms with Crippen LogP contribution in [0.3, 0.4) is 0 Å². The average molecular weight is 266 g/mol. The fraction of sp³-hybridized carbons (Fsp3) is 0.500. The van der Waals surface area contributed by atoms with Crippen molar-refractivity contribution in [1.82, 2.24) is 0 Å². The Hall–Kier alpha value is -1.16. The molecule has 0 heterocycles. The Morgan fingerprint density at radius 3 is 2.72 bits per heavy atom. The monoisotopic (exact) mass is 266 g/mol. The SMILES string of the molecule is CC1(C)CCC(Nc2ccc(C(N)=S)cc2F)C1. The summed E-state index contributed by atoms with van der Waals surface area (Å²) < 4.78 is 13.9. The van der Waals surface area contributed by atoms with Gasteiger partial charge in [0.2, 0.25) is 0 Å². The fourth-order valence-electron chi connectivity index (χ4n) is 2.56. The van der Waals surface area contributed by atoms with Gasteiger partial charge in [0, 0.05) is 11.6 Å². The van der Waals surface area contributed by atoms with Crippen molar-refractivity contribution in [2.24, 2.45) is 11.1 Å². The van der Waals surface area contributed by atoms with Gasteiger partial charge in [-0.15, -0.1) is 0 Å². The lowest BCUT2D eigenvalue weighted by Gasteiger charge is -2.19. The molecule has 1 aromatic carbocycles. The van der Waals surface area contributed by atoms with Gasteiger partial charge in [-0.3, -0.25) is 0 Å². The van der Waals surface area contributed by atoms with Gasteiger partial charge >= 0.3 is 0 Å². The third-order valence-electron chi connectivity index (χ3n) is 3.58. The van der Waals surface area contributed by atoms with Crippen LogP contribution in [0, 0.1) is 11.2 Å². The Kier molecular flexibility index (Phi) is 3.57. The maximum absolute atomic E-state index is 13.9. The molecule has 18 heavy (non-hydrogen) atoms. The number of nitrogens with one attached hydrogen (secondary N) is 1. The van der Waals surface area contributed by atoms with Gasteiger partial charge in [-0.1, -0.05) is 26.1 Å². The highest BCUT2D eigenvalue weighted by Crippen LogP contribution is 2.38. The second-order valence-corrected chi connectivity index (χ2v) is 6.25. The maximum Gasteiger partial charge on any atom is 0.146 e. The van der Waals surface area contributed by atoms with Crippen LogP contribution in [0.15, 0.2) is 18.2 Å². The molecule has 2 rings (SSSR count). The summed E-state index contributed by atoms with van der Waals surface area (Å²) >= 11 is 4.83. The van der Waals surface area contributed by atoms with Crippen molar-refractivity contribution in [3.8, 4) is 0 Å². The van der Waals surface area contributed by atoms with Crippen LogP contribution in [0.2, 0.25) is 0 Å². The lowest BCUT2D eigenvalue weighted by Crippen LogP contribution is -2.18. The minimum atomic E-state index is -0.287. The van der Waals surface area contributed by atoms with Crippen molar-refractivity contribution in [3.63, 3.8) is 0 Å². The summed E-state index contributed by atoms with van der Waals surface area (Å²) in [5.74, 6) is -0.287. The average Bonchev–Trinajstić information content (AvgIpc) is 2.61. The first-order valence-corrected chi connectivity index (χ1v) is 6.64. The molecule has 1 aromatic rings. The summed E-state index contributed by atoms with van der Waals surface area (Å²) in [6.45, 7) is 4.50. The Morgan fingerprint density at radius 2 is 2.22 bits per heavy atom. The number of hydrogen-bond acceptors (Lipinski definition) is 2. The molecule has 0 aliphatic heterocycles. The molecule has 0 amide bonds. The van der Waals surface area contributed by atoms with Gasteiger partial charge in [0.25, 0.3) is 0 Å². The van der Waals surface area contributed by atoms with Gasteiger partial charge < -0.3 is 11.1 Å². The molecule has 2 nitrogen and oxygen atoms in total. The number of hydrogen-bond donors (Lipinski definition) is 2. The highest BCUT2D eigenvalue weighted by molar-refractivity contribution is 7.80. The van der Waals surface area contributed by atoms with E-state index in [0.717, 1.165) is 12.8 Å². The smallest absolute Gasteiger partial charge is 0.146 e. The van der Waals surface area contributed by atoms with Crippen molar-refractivity contribution in [3.05, 3.63) is 29.6 Å². The number of halogens is 1. The molecule has 1 atom stereocenters. The third-order valence-corrected chi connectivity index (χ3v) is 3.82. The molecule has 4 heteroatoms. The highest BCUT2D eigenvalue weighted by atomic mass is 32.1. The summed E-state index contributed by atoms with van der Waals surface area (Å²) in [6, 6.07) is 5.22. The second kappa shape index (κ2) is 4.84. The van der Waals surface area contributed by atoms with Crippen molar-refractivity contribution in [2.75, 3.05) is 5.32 Å². The fourth-order valence-corrected chi connectivity index (χ4v) is 2.69. The summed E-state index contributed by atoms with van der Waals surface area (Å²) in [5.41, 5.74) is 6.94. The number of nitrogens with two attached hydrogens (primary N) is 1. The Bertz CT molecular complexity index is 471. The van der Waals surface area contributed by atoms with E-state index in [0.29, 0.717) is 22.7 Å². The lowest BCUT2D eigenvalue weighted by atomic mass is 9.92. The van der Waals surface area contributed by atoms with Crippen LogP contribution < -0.4 is 11.1 Å². The lowest BCUT2D eigenvalue weighted by molar-refractivity contribution is 0.378. The molecule has 0 radical (unpaired) electrons. The van der Waals surface area contributed by atoms with Crippen molar-refractivity contribution in [2.45, 2.75) is 39.2 Å². The molecule has 0 bridgehead atoms. The highest BCUT2D eigenvalue weighted by Gasteiger charge is 2.31. The van der Waals surface area contributed by atoms with Gasteiger partial charge in [-0.25, -0.2) is 4.39 Å². The number of thiocarbonyl (C=S) groups is 1. The van der Waals surface area contributed by atoms with Crippen LogP contribution in [0.1, 0.15) is 38.7 Å². The van der Waals surface area contributed by atoms with E-state index in [-0.39, 0.29) is 10.8 Å². The van der Waals surface area contributed by atoms with Crippen LogP contribution in [0.4, 0.5) is 10.1 Å². The molecular weight excluding hydrogens is 247 g/mol. The zero-order valence-corrected chi connectivity index (χ0v) is 11.6. The molecule has 1 aliphatic carbocycles. The van der Waals surface area contributed by atoms with Gasteiger partial charge in [0.1, 0.15) is 10.8 Å². The minimum absolute atomic E-state index is 0.224.